The molecule has 0 spiro atoms. The highest BCUT2D eigenvalue weighted by Crippen LogP contribution is 2.15. The fourth-order valence-electron chi connectivity index (χ4n) is 3.64. The van der Waals surface area contributed by atoms with Crippen LogP contribution in [0.3, 0.4) is 0 Å². The smallest absolute Gasteiger partial charge is 0.251 e. The zero-order chi connectivity index (χ0) is 21.2. The van der Waals surface area contributed by atoms with Crippen LogP contribution in [0.1, 0.15) is 114 Å². The monoisotopic (exact) mass is 403 g/mol. The summed E-state index contributed by atoms with van der Waals surface area (Å²) in [7, 11) is 1.64. The van der Waals surface area contributed by atoms with Crippen LogP contribution in [0.5, 0.6) is 5.75 Å². The van der Waals surface area contributed by atoms with E-state index in [9.17, 15) is 4.79 Å². The van der Waals surface area contributed by atoms with E-state index < -0.39 is 0 Å². The molecule has 1 aromatic rings. The van der Waals surface area contributed by atoms with Gasteiger partial charge >= 0.3 is 0 Å². The van der Waals surface area contributed by atoms with E-state index >= 15 is 0 Å². The molecule has 3 nitrogen and oxygen atoms in total. The van der Waals surface area contributed by atoms with E-state index in [4.69, 9.17) is 4.74 Å². The molecule has 0 radical (unpaired) electrons. The van der Waals surface area contributed by atoms with Crippen LogP contribution in [0.2, 0.25) is 0 Å². The maximum absolute atomic E-state index is 11.5. The molecule has 0 atom stereocenters. The number of amides is 1. The van der Waals surface area contributed by atoms with Gasteiger partial charge in [0, 0.05) is 12.6 Å². The molecular formula is C26H45NO2. The van der Waals surface area contributed by atoms with Crippen molar-refractivity contribution < 1.29 is 9.53 Å². The van der Waals surface area contributed by atoms with E-state index in [-0.39, 0.29) is 5.91 Å². The van der Waals surface area contributed by atoms with Gasteiger partial charge in [0.2, 0.25) is 0 Å². The Morgan fingerprint density at radius 1 is 0.759 bits per heavy atom. The van der Waals surface area contributed by atoms with Gasteiger partial charge in [-0.15, -0.1) is 0 Å². The van der Waals surface area contributed by atoms with Crippen molar-refractivity contribution in [1.29, 1.82) is 0 Å². The molecule has 166 valence electrons. The molecule has 0 saturated carbocycles. The fraction of sp³-hybridized carbons (Fsp3) is 0.731. The second-order valence-electron chi connectivity index (χ2n) is 8.73. The Kier molecular flexibility index (Phi) is 15.3. The van der Waals surface area contributed by atoms with Gasteiger partial charge in [-0.05, 0) is 36.6 Å². The topological polar surface area (TPSA) is 38.3 Å². The first-order valence-electron chi connectivity index (χ1n) is 12.1. The Bertz CT molecular complexity index is 510. The molecular weight excluding hydrogens is 358 g/mol. The number of ether oxygens (including phenoxy) is 1. The first-order valence-corrected chi connectivity index (χ1v) is 12.1. The summed E-state index contributed by atoms with van der Waals surface area (Å²) in [6.45, 7) is 5.41. The zero-order valence-corrected chi connectivity index (χ0v) is 19.3. The lowest BCUT2D eigenvalue weighted by Crippen LogP contribution is -2.17. The van der Waals surface area contributed by atoms with Gasteiger partial charge in [0.05, 0.1) is 6.61 Å². The van der Waals surface area contributed by atoms with Crippen LogP contribution in [0, 0.1) is 5.92 Å². The molecule has 0 heterocycles. The largest absolute Gasteiger partial charge is 0.494 e. The number of hydrogen-bond donors (Lipinski definition) is 1. The highest BCUT2D eigenvalue weighted by Gasteiger charge is 2.02. The van der Waals surface area contributed by atoms with E-state index in [2.05, 4.69) is 19.2 Å². The van der Waals surface area contributed by atoms with Crippen molar-refractivity contribution in [1.82, 2.24) is 5.32 Å². The van der Waals surface area contributed by atoms with Crippen molar-refractivity contribution >= 4 is 5.91 Å². The first-order chi connectivity index (χ1) is 14.1. The molecule has 1 amide bonds. The van der Waals surface area contributed by atoms with Crippen molar-refractivity contribution in [3.63, 3.8) is 0 Å². The van der Waals surface area contributed by atoms with Crippen LogP contribution >= 0.6 is 0 Å². The minimum atomic E-state index is -0.0614. The number of unbranched alkanes of at least 4 members (excludes halogenated alkanes) is 12. The second-order valence-corrected chi connectivity index (χ2v) is 8.73. The lowest BCUT2D eigenvalue weighted by atomic mass is 10.0. The van der Waals surface area contributed by atoms with Gasteiger partial charge in [-0.3, -0.25) is 4.79 Å². The van der Waals surface area contributed by atoms with Gasteiger partial charge in [0.25, 0.3) is 5.91 Å². The van der Waals surface area contributed by atoms with Crippen molar-refractivity contribution in [2.24, 2.45) is 5.92 Å². The zero-order valence-electron chi connectivity index (χ0n) is 19.3. The summed E-state index contributed by atoms with van der Waals surface area (Å²) in [4.78, 5) is 11.5. The molecule has 0 fully saturated rings. The lowest BCUT2D eigenvalue weighted by molar-refractivity contribution is 0.0963. The maximum atomic E-state index is 11.5. The summed E-state index contributed by atoms with van der Waals surface area (Å²) in [5.74, 6) is 1.66. The average Bonchev–Trinajstić information content (AvgIpc) is 2.73. The minimum Gasteiger partial charge on any atom is -0.494 e. The van der Waals surface area contributed by atoms with Crippen LogP contribution in [0.15, 0.2) is 24.3 Å². The molecule has 3 heteroatoms. The number of hydrogen-bond acceptors (Lipinski definition) is 2. The number of carbonyl (C=O) groups excluding carboxylic acids is 1. The van der Waals surface area contributed by atoms with E-state index in [1.54, 1.807) is 19.2 Å². The predicted molar refractivity (Wildman–Crippen MR) is 125 cm³/mol. The van der Waals surface area contributed by atoms with Gasteiger partial charge in [-0.2, -0.15) is 0 Å². The number of benzene rings is 1. The first kappa shape index (κ1) is 25.5. The van der Waals surface area contributed by atoms with Crippen molar-refractivity contribution in [2.45, 2.75) is 104 Å². The van der Waals surface area contributed by atoms with Crippen molar-refractivity contribution in [3.8, 4) is 5.75 Å². The van der Waals surface area contributed by atoms with Gasteiger partial charge < -0.3 is 10.1 Å². The lowest BCUT2D eigenvalue weighted by Gasteiger charge is -2.07. The van der Waals surface area contributed by atoms with Crippen molar-refractivity contribution in [3.05, 3.63) is 29.8 Å². The van der Waals surface area contributed by atoms with Crippen LogP contribution in [0.25, 0.3) is 0 Å². The summed E-state index contributed by atoms with van der Waals surface area (Å²) in [6, 6.07) is 7.36. The van der Waals surface area contributed by atoms with Gasteiger partial charge in [-0.25, -0.2) is 0 Å². The summed E-state index contributed by atoms with van der Waals surface area (Å²) in [5.41, 5.74) is 0.668. The third kappa shape index (κ3) is 14.2. The fourth-order valence-corrected chi connectivity index (χ4v) is 3.64. The molecule has 0 aromatic heterocycles. The van der Waals surface area contributed by atoms with Gasteiger partial charge in [-0.1, -0.05) is 97.3 Å². The Hall–Kier alpha value is -1.51. The highest BCUT2D eigenvalue weighted by atomic mass is 16.5. The summed E-state index contributed by atoms with van der Waals surface area (Å²) >= 11 is 0. The molecule has 1 rings (SSSR count). The average molecular weight is 404 g/mol. The highest BCUT2D eigenvalue weighted by molar-refractivity contribution is 5.94. The molecule has 0 bridgehead atoms. The predicted octanol–water partition coefficient (Wildman–Crippen LogP) is 7.54. The van der Waals surface area contributed by atoms with E-state index in [0.717, 1.165) is 24.7 Å². The molecule has 1 N–H and O–H groups in total. The quantitative estimate of drug-likeness (QED) is 0.257. The van der Waals surface area contributed by atoms with Crippen LogP contribution < -0.4 is 10.1 Å². The molecule has 0 unspecified atom stereocenters. The van der Waals surface area contributed by atoms with Gasteiger partial charge in [0.15, 0.2) is 0 Å². The summed E-state index contributed by atoms with van der Waals surface area (Å²) < 4.78 is 5.76. The minimum absolute atomic E-state index is 0.0614. The van der Waals surface area contributed by atoms with Crippen LogP contribution in [-0.2, 0) is 0 Å². The Morgan fingerprint density at radius 3 is 1.66 bits per heavy atom. The van der Waals surface area contributed by atoms with Crippen LogP contribution in [0.4, 0.5) is 0 Å². The van der Waals surface area contributed by atoms with Crippen molar-refractivity contribution in [2.75, 3.05) is 13.7 Å². The SMILES string of the molecule is CNC(=O)c1ccc(OCCCCCCCCCCCCCCCC(C)C)cc1. The third-order valence-corrected chi connectivity index (χ3v) is 5.54. The summed E-state index contributed by atoms with van der Waals surface area (Å²) in [6.07, 6.45) is 19.2. The maximum Gasteiger partial charge on any atom is 0.251 e. The van der Waals surface area contributed by atoms with Crippen LogP contribution in [-0.4, -0.2) is 19.6 Å². The third-order valence-electron chi connectivity index (χ3n) is 5.54. The van der Waals surface area contributed by atoms with E-state index in [0.29, 0.717) is 5.56 Å². The number of carbonyl (C=O) groups is 1. The molecule has 0 aliphatic rings. The molecule has 0 aliphatic heterocycles. The van der Waals surface area contributed by atoms with E-state index in [1.165, 1.54) is 83.5 Å². The molecule has 0 aliphatic carbocycles. The molecule has 1 aromatic carbocycles. The molecule has 0 saturated heterocycles. The Balaban J connectivity index is 1.83. The Labute approximate surface area is 180 Å². The molecule has 29 heavy (non-hydrogen) atoms. The second kappa shape index (κ2) is 17.4. The Morgan fingerprint density at radius 2 is 1.21 bits per heavy atom. The van der Waals surface area contributed by atoms with E-state index in [1.807, 2.05) is 12.1 Å². The normalized spacial score (nSPS) is 11.0. The van der Waals surface area contributed by atoms with Gasteiger partial charge in [0.1, 0.15) is 5.75 Å². The summed E-state index contributed by atoms with van der Waals surface area (Å²) in [5, 5.41) is 2.62. The number of rotatable bonds is 18. The number of nitrogens with one attached hydrogen (secondary N) is 1. The standard InChI is InChI=1S/C26H45NO2/c1-23(2)17-15-13-11-9-7-5-4-6-8-10-12-14-16-22-29-25-20-18-24(19-21-25)26(28)27-3/h18-21,23H,4-17,22H2,1-3H3,(H,27,28).